The van der Waals surface area contributed by atoms with Crippen LogP contribution >= 0.6 is 0 Å². The topological polar surface area (TPSA) is 90.9 Å². The third-order valence-electron chi connectivity index (χ3n) is 5.15. The van der Waals surface area contributed by atoms with E-state index in [4.69, 9.17) is 14.2 Å². The largest absolute Gasteiger partial charge is 0.463 e. The quantitative estimate of drug-likeness (QED) is 0.158. The lowest BCUT2D eigenvalue weighted by Crippen LogP contribution is -2.17. The van der Waals surface area contributed by atoms with Crippen LogP contribution < -0.4 is 10.1 Å². The molecule has 0 spiro atoms. The SMILES string of the molecule is CCCCCCCc1ccc(C(=O)Nc2ccccc2O/C(=C/C(=O)OCC)C(=O)OCC)cc1. The number of unbranched alkanes of at least 4 members (excludes halogenated alkanes) is 4. The maximum absolute atomic E-state index is 12.8. The first kappa shape index (κ1) is 27.6. The van der Waals surface area contributed by atoms with Crippen LogP contribution in [0.5, 0.6) is 5.75 Å². The Hall–Kier alpha value is -3.61. The molecule has 2 aromatic rings. The summed E-state index contributed by atoms with van der Waals surface area (Å²) in [7, 11) is 0. The Morgan fingerprint density at radius 2 is 1.51 bits per heavy atom. The maximum Gasteiger partial charge on any atom is 0.374 e. The normalized spacial score (nSPS) is 11.0. The molecule has 1 amide bonds. The number of nitrogens with one attached hydrogen (secondary N) is 1. The number of para-hydroxylation sites is 2. The first-order valence-corrected chi connectivity index (χ1v) is 12.2. The van der Waals surface area contributed by atoms with Crippen molar-refractivity contribution in [3.8, 4) is 5.75 Å². The molecule has 0 aliphatic heterocycles. The highest BCUT2D eigenvalue weighted by atomic mass is 16.6. The third-order valence-corrected chi connectivity index (χ3v) is 5.15. The van der Waals surface area contributed by atoms with Gasteiger partial charge in [0.1, 0.15) is 0 Å². The van der Waals surface area contributed by atoms with Gasteiger partial charge in [-0.2, -0.15) is 0 Å². The van der Waals surface area contributed by atoms with Crippen LogP contribution in [-0.2, 0) is 25.5 Å². The van der Waals surface area contributed by atoms with Crippen molar-refractivity contribution in [2.24, 2.45) is 0 Å². The molecule has 0 radical (unpaired) electrons. The zero-order valence-electron chi connectivity index (χ0n) is 20.8. The van der Waals surface area contributed by atoms with Gasteiger partial charge in [-0.05, 0) is 56.5 Å². The number of esters is 2. The first-order valence-electron chi connectivity index (χ1n) is 12.2. The van der Waals surface area contributed by atoms with Crippen LogP contribution in [0.25, 0.3) is 0 Å². The molecule has 0 saturated heterocycles. The predicted molar refractivity (Wildman–Crippen MR) is 135 cm³/mol. The number of carbonyl (C=O) groups is 3. The van der Waals surface area contributed by atoms with Crippen molar-refractivity contribution >= 4 is 23.5 Å². The molecule has 0 fully saturated rings. The summed E-state index contributed by atoms with van der Waals surface area (Å²) in [6, 6.07) is 14.2. The van der Waals surface area contributed by atoms with Gasteiger partial charge in [-0.25, -0.2) is 9.59 Å². The number of benzene rings is 2. The van der Waals surface area contributed by atoms with E-state index in [2.05, 4.69) is 12.2 Å². The lowest BCUT2D eigenvalue weighted by atomic mass is 10.0. The van der Waals surface area contributed by atoms with Gasteiger partial charge in [0.25, 0.3) is 5.91 Å². The average Bonchev–Trinajstić information content (AvgIpc) is 2.85. The minimum Gasteiger partial charge on any atom is -0.463 e. The molecule has 0 atom stereocenters. The lowest BCUT2D eigenvalue weighted by molar-refractivity contribution is -0.143. The van der Waals surface area contributed by atoms with Crippen molar-refractivity contribution in [3.63, 3.8) is 0 Å². The Morgan fingerprint density at radius 3 is 2.20 bits per heavy atom. The zero-order valence-corrected chi connectivity index (χ0v) is 20.8. The van der Waals surface area contributed by atoms with Crippen molar-refractivity contribution in [1.29, 1.82) is 0 Å². The van der Waals surface area contributed by atoms with Crippen molar-refractivity contribution in [2.45, 2.75) is 59.3 Å². The molecule has 0 saturated carbocycles. The summed E-state index contributed by atoms with van der Waals surface area (Å²) in [5, 5.41) is 2.81. The summed E-state index contributed by atoms with van der Waals surface area (Å²) in [5.74, 6) is -2.01. The Balaban J connectivity index is 2.09. The Labute approximate surface area is 207 Å². The van der Waals surface area contributed by atoms with E-state index in [1.54, 1.807) is 50.2 Å². The van der Waals surface area contributed by atoms with Gasteiger partial charge in [0.15, 0.2) is 5.75 Å². The highest BCUT2D eigenvalue weighted by molar-refractivity contribution is 6.05. The van der Waals surface area contributed by atoms with Crippen LogP contribution in [0.15, 0.2) is 60.4 Å². The summed E-state index contributed by atoms with van der Waals surface area (Å²) < 4.78 is 15.5. The van der Waals surface area contributed by atoms with Gasteiger partial charge in [0.2, 0.25) is 5.76 Å². The minimum atomic E-state index is -0.813. The summed E-state index contributed by atoms with van der Waals surface area (Å²) in [6.45, 7) is 5.76. The van der Waals surface area contributed by atoms with Gasteiger partial charge in [-0.3, -0.25) is 4.79 Å². The van der Waals surface area contributed by atoms with Crippen LogP contribution in [-0.4, -0.2) is 31.1 Å². The molecule has 0 unspecified atom stereocenters. The number of hydrogen-bond acceptors (Lipinski definition) is 6. The fourth-order valence-corrected chi connectivity index (χ4v) is 3.35. The number of rotatable bonds is 14. The number of hydrogen-bond donors (Lipinski definition) is 1. The van der Waals surface area contributed by atoms with E-state index in [9.17, 15) is 14.4 Å². The second kappa shape index (κ2) is 15.3. The number of ether oxygens (including phenoxy) is 3. The van der Waals surface area contributed by atoms with Gasteiger partial charge in [0, 0.05) is 5.56 Å². The maximum atomic E-state index is 12.8. The molecule has 0 aliphatic carbocycles. The van der Waals surface area contributed by atoms with Crippen LogP contribution in [0.4, 0.5) is 5.69 Å². The number of amides is 1. The molecule has 2 rings (SSSR count). The second-order valence-corrected chi connectivity index (χ2v) is 7.89. The molecule has 0 aliphatic rings. The highest BCUT2D eigenvalue weighted by Gasteiger charge is 2.19. The Kier molecular flexibility index (Phi) is 12.1. The molecule has 7 nitrogen and oxygen atoms in total. The molecule has 0 heterocycles. The highest BCUT2D eigenvalue weighted by Crippen LogP contribution is 2.27. The summed E-state index contributed by atoms with van der Waals surface area (Å²) in [4.78, 5) is 37.0. The van der Waals surface area contributed by atoms with E-state index in [0.29, 0.717) is 11.3 Å². The molecule has 2 aromatic carbocycles. The van der Waals surface area contributed by atoms with Gasteiger partial charge >= 0.3 is 11.9 Å². The fraction of sp³-hybridized carbons (Fsp3) is 0.393. The molecule has 35 heavy (non-hydrogen) atoms. The predicted octanol–water partition coefficient (Wildman–Crippen LogP) is 5.84. The Bertz CT molecular complexity index is 997. The van der Waals surface area contributed by atoms with Crippen molar-refractivity contribution < 1.29 is 28.6 Å². The summed E-state index contributed by atoms with van der Waals surface area (Å²) >= 11 is 0. The number of carbonyl (C=O) groups excluding carboxylic acids is 3. The molecular formula is C28H35NO6. The monoisotopic (exact) mass is 481 g/mol. The minimum absolute atomic E-state index is 0.107. The van der Waals surface area contributed by atoms with Crippen LogP contribution in [0, 0.1) is 0 Å². The van der Waals surface area contributed by atoms with Crippen molar-refractivity contribution in [2.75, 3.05) is 18.5 Å². The molecule has 1 N–H and O–H groups in total. The van der Waals surface area contributed by atoms with E-state index in [-0.39, 0.29) is 30.6 Å². The first-order chi connectivity index (χ1) is 17.0. The van der Waals surface area contributed by atoms with Crippen LogP contribution in [0.3, 0.4) is 0 Å². The van der Waals surface area contributed by atoms with E-state index >= 15 is 0 Å². The van der Waals surface area contributed by atoms with E-state index in [1.165, 1.54) is 31.2 Å². The molecular weight excluding hydrogens is 446 g/mol. The number of aryl methyl sites for hydroxylation is 1. The van der Waals surface area contributed by atoms with E-state index < -0.39 is 11.9 Å². The lowest BCUT2D eigenvalue weighted by Gasteiger charge is -2.14. The van der Waals surface area contributed by atoms with Gasteiger partial charge in [0.05, 0.1) is 25.0 Å². The number of anilines is 1. The fourth-order valence-electron chi connectivity index (χ4n) is 3.35. The van der Waals surface area contributed by atoms with Crippen LogP contribution in [0.2, 0.25) is 0 Å². The summed E-state index contributed by atoms with van der Waals surface area (Å²) in [5.41, 5.74) is 2.05. The molecule has 0 aromatic heterocycles. The second-order valence-electron chi connectivity index (χ2n) is 7.89. The third kappa shape index (κ3) is 9.65. The zero-order chi connectivity index (χ0) is 25.5. The molecule has 7 heteroatoms. The van der Waals surface area contributed by atoms with E-state index in [1.807, 2.05) is 12.1 Å². The van der Waals surface area contributed by atoms with Gasteiger partial charge in [-0.15, -0.1) is 0 Å². The smallest absolute Gasteiger partial charge is 0.374 e. The average molecular weight is 482 g/mol. The van der Waals surface area contributed by atoms with Gasteiger partial charge in [-0.1, -0.05) is 56.9 Å². The van der Waals surface area contributed by atoms with E-state index in [0.717, 1.165) is 18.9 Å². The van der Waals surface area contributed by atoms with Gasteiger partial charge < -0.3 is 19.5 Å². The van der Waals surface area contributed by atoms with Crippen molar-refractivity contribution in [1.82, 2.24) is 0 Å². The van der Waals surface area contributed by atoms with Crippen LogP contribution in [0.1, 0.15) is 68.8 Å². The molecule has 188 valence electrons. The Morgan fingerprint density at radius 1 is 0.829 bits per heavy atom. The van der Waals surface area contributed by atoms with Crippen molar-refractivity contribution in [3.05, 3.63) is 71.5 Å². The summed E-state index contributed by atoms with van der Waals surface area (Å²) in [6.07, 6.45) is 8.02. The standard InChI is InChI=1S/C28H35NO6/c1-4-7-8-9-10-13-21-16-18-22(19-17-21)27(31)29-23-14-11-12-15-24(23)35-25(28(32)34-6-3)20-26(30)33-5-2/h11-12,14-20H,4-10,13H2,1-3H3,(H,29,31)/b25-20+. The molecule has 0 bridgehead atoms.